The molecule has 4 nitrogen and oxygen atoms in total. The Balaban J connectivity index is 1.59. The molecule has 2 rings (SSSR count). The van der Waals surface area contributed by atoms with E-state index < -0.39 is 6.10 Å². The van der Waals surface area contributed by atoms with E-state index in [1.165, 1.54) is 12.8 Å². The molecule has 0 bridgehead atoms. The Labute approximate surface area is 114 Å². The van der Waals surface area contributed by atoms with Crippen molar-refractivity contribution in [2.45, 2.75) is 18.9 Å². The molecule has 0 heterocycles. The van der Waals surface area contributed by atoms with Gasteiger partial charge in [0.2, 0.25) is 0 Å². The van der Waals surface area contributed by atoms with Crippen LogP contribution in [-0.4, -0.2) is 31.4 Å². The van der Waals surface area contributed by atoms with Gasteiger partial charge in [0, 0.05) is 19.7 Å². The van der Waals surface area contributed by atoms with Crippen molar-refractivity contribution in [1.82, 2.24) is 5.32 Å². The summed E-state index contributed by atoms with van der Waals surface area (Å²) >= 11 is 0. The summed E-state index contributed by atoms with van der Waals surface area (Å²) in [6.45, 7) is 2.81. The number of nitrogens with one attached hydrogen (secondary N) is 1. The van der Waals surface area contributed by atoms with Crippen molar-refractivity contribution in [3.63, 3.8) is 0 Å². The summed E-state index contributed by atoms with van der Waals surface area (Å²) < 4.78 is 5.50. The van der Waals surface area contributed by atoms with Gasteiger partial charge in [-0.25, -0.2) is 0 Å². The Bertz CT molecular complexity index is 421. The highest BCUT2D eigenvalue weighted by atomic mass is 16.5. The second-order valence-electron chi connectivity index (χ2n) is 4.97. The van der Waals surface area contributed by atoms with Gasteiger partial charge in [-0.3, -0.25) is 0 Å². The van der Waals surface area contributed by atoms with Gasteiger partial charge in [0.15, 0.2) is 0 Å². The lowest BCUT2D eigenvalue weighted by Gasteiger charge is -2.12. The van der Waals surface area contributed by atoms with E-state index in [9.17, 15) is 5.11 Å². The van der Waals surface area contributed by atoms with Crippen molar-refractivity contribution >= 4 is 0 Å². The normalized spacial score (nSPS) is 16.0. The SMILES string of the molecule is N#Cc1ccc(C(O)CNCCOCC2CC2)cc1. The van der Waals surface area contributed by atoms with Gasteiger partial charge in [-0.1, -0.05) is 12.1 Å². The second-order valence-corrected chi connectivity index (χ2v) is 4.97. The van der Waals surface area contributed by atoms with Crippen LogP contribution in [-0.2, 0) is 4.74 Å². The summed E-state index contributed by atoms with van der Waals surface area (Å²) in [4.78, 5) is 0. The van der Waals surface area contributed by atoms with Crippen LogP contribution in [0.1, 0.15) is 30.1 Å². The van der Waals surface area contributed by atoms with Crippen LogP contribution in [0.25, 0.3) is 0 Å². The van der Waals surface area contributed by atoms with Gasteiger partial charge in [0.1, 0.15) is 0 Å². The number of hydrogen-bond donors (Lipinski definition) is 2. The number of aliphatic hydroxyl groups is 1. The minimum absolute atomic E-state index is 0.499. The summed E-state index contributed by atoms with van der Waals surface area (Å²) in [5.41, 5.74) is 1.43. The molecule has 1 aromatic rings. The molecule has 1 unspecified atom stereocenters. The Hall–Kier alpha value is -1.41. The number of ether oxygens (including phenoxy) is 1. The second kappa shape index (κ2) is 7.25. The average Bonchev–Trinajstić information content (AvgIpc) is 3.26. The molecule has 0 spiro atoms. The van der Waals surface area contributed by atoms with E-state index in [0.717, 1.165) is 24.6 Å². The summed E-state index contributed by atoms with van der Waals surface area (Å²) in [6.07, 6.45) is 2.08. The third-order valence-corrected chi connectivity index (χ3v) is 3.24. The summed E-state index contributed by atoms with van der Waals surface area (Å²) in [6, 6.07) is 9.07. The number of nitriles is 1. The van der Waals surface area contributed by atoms with Crippen molar-refractivity contribution in [3.8, 4) is 6.07 Å². The zero-order valence-corrected chi connectivity index (χ0v) is 11.0. The smallest absolute Gasteiger partial charge is 0.0991 e. The summed E-state index contributed by atoms with van der Waals surface area (Å²) in [5, 5.41) is 21.8. The molecule has 0 saturated heterocycles. The van der Waals surface area contributed by atoms with Crippen molar-refractivity contribution in [3.05, 3.63) is 35.4 Å². The van der Waals surface area contributed by atoms with E-state index in [-0.39, 0.29) is 0 Å². The van der Waals surface area contributed by atoms with Gasteiger partial charge in [-0.05, 0) is 36.5 Å². The zero-order valence-electron chi connectivity index (χ0n) is 11.0. The third-order valence-electron chi connectivity index (χ3n) is 3.24. The lowest BCUT2D eigenvalue weighted by atomic mass is 10.1. The first-order valence-corrected chi connectivity index (χ1v) is 6.76. The fraction of sp³-hybridized carbons (Fsp3) is 0.533. The van der Waals surface area contributed by atoms with Crippen LogP contribution < -0.4 is 5.32 Å². The van der Waals surface area contributed by atoms with Gasteiger partial charge in [0.25, 0.3) is 0 Å². The Kier molecular flexibility index (Phi) is 5.34. The van der Waals surface area contributed by atoms with Crippen LogP contribution in [0.3, 0.4) is 0 Å². The molecule has 1 aromatic carbocycles. The number of rotatable bonds is 8. The first-order valence-electron chi connectivity index (χ1n) is 6.76. The van der Waals surface area contributed by atoms with E-state index >= 15 is 0 Å². The molecule has 0 radical (unpaired) electrons. The topological polar surface area (TPSA) is 65.3 Å². The number of aliphatic hydroxyl groups excluding tert-OH is 1. The fourth-order valence-electron chi connectivity index (χ4n) is 1.82. The molecule has 1 fully saturated rings. The van der Waals surface area contributed by atoms with E-state index in [1.807, 2.05) is 0 Å². The summed E-state index contributed by atoms with van der Waals surface area (Å²) in [7, 11) is 0. The molecule has 1 saturated carbocycles. The molecule has 2 N–H and O–H groups in total. The lowest BCUT2D eigenvalue weighted by Crippen LogP contribution is -2.25. The van der Waals surface area contributed by atoms with Gasteiger partial charge >= 0.3 is 0 Å². The molecular formula is C15H20N2O2. The van der Waals surface area contributed by atoms with Gasteiger partial charge in [-0.15, -0.1) is 0 Å². The fourth-order valence-corrected chi connectivity index (χ4v) is 1.82. The Morgan fingerprint density at radius 3 is 2.74 bits per heavy atom. The maximum absolute atomic E-state index is 9.95. The highest BCUT2D eigenvalue weighted by molar-refractivity contribution is 5.32. The Morgan fingerprint density at radius 1 is 1.37 bits per heavy atom. The Morgan fingerprint density at radius 2 is 2.11 bits per heavy atom. The van der Waals surface area contributed by atoms with Gasteiger partial charge < -0.3 is 15.2 Å². The first-order chi connectivity index (χ1) is 9.29. The monoisotopic (exact) mass is 260 g/mol. The lowest BCUT2D eigenvalue weighted by molar-refractivity contribution is 0.119. The molecule has 1 aliphatic rings. The molecule has 1 atom stereocenters. The van der Waals surface area contributed by atoms with Gasteiger partial charge in [-0.2, -0.15) is 5.26 Å². The zero-order chi connectivity index (χ0) is 13.5. The van der Waals surface area contributed by atoms with Crippen LogP contribution >= 0.6 is 0 Å². The molecule has 4 heteroatoms. The van der Waals surface area contributed by atoms with Crippen LogP contribution in [0.5, 0.6) is 0 Å². The standard InChI is InChI=1S/C15H20N2O2/c16-9-12-3-5-14(6-4-12)15(18)10-17-7-8-19-11-13-1-2-13/h3-6,13,15,17-18H,1-2,7-8,10-11H2. The third kappa shape index (κ3) is 4.99. The van der Waals surface area contributed by atoms with E-state index in [2.05, 4.69) is 11.4 Å². The molecule has 0 aromatic heterocycles. The van der Waals surface area contributed by atoms with E-state index in [0.29, 0.717) is 18.7 Å². The van der Waals surface area contributed by atoms with Crippen LogP contribution in [0.15, 0.2) is 24.3 Å². The van der Waals surface area contributed by atoms with Crippen molar-refractivity contribution in [1.29, 1.82) is 5.26 Å². The molecule has 0 aliphatic heterocycles. The molecular weight excluding hydrogens is 240 g/mol. The van der Waals surface area contributed by atoms with Crippen molar-refractivity contribution in [2.75, 3.05) is 26.3 Å². The molecule has 0 amide bonds. The van der Waals surface area contributed by atoms with E-state index in [1.54, 1.807) is 24.3 Å². The maximum atomic E-state index is 9.95. The minimum Gasteiger partial charge on any atom is -0.387 e. The van der Waals surface area contributed by atoms with Crippen LogP contribution in [0.2, 0.25) is 0 Å². The van der Waals surface area contributed by atoms with Crippen molar-refractivity contribution in [2.24, 2.45) is 5.92 Å². The van der Waals surface area contributed by atoms with Crippen molar-refractivity contribution < 1.29 is 9.84 Å². The van der Waals surface area contributed by atoms with E-state index in [4.69, 9.17) is 10.00 Å². The number of hydrogen-bond acceptors (Lipinski definition) is 4. The average molecular weight is 260 g/mol. The van der Waals surface area contributed by atoms with Crippen LogP contribution in [0.4, 0.5) is 0 Å². The maximum Gasteiger partial charge on any atom is 0.0991 e. The minimum atomic E-state index is -0.545. The predicted octanol–water partition coefficient (Wildman–Crippen LogP) is 1.61. The van der Waals surface area contributed by atoms with Crippen LogP contribution in [0, 0.1) is 17.2 Å². The highest BCUT2D eigenvalue weighted by Gasteiger charge is 2.20. The first kappa shape index (κ1) is 14.0. The molecule has 1 aliphatic carbocycles. The number of benzene rings is 1. The largest absolute Gasteiger partial charge is 0.387 e. The summed E-state index contributed by atoms with van der Waals surface area (Å²) in [5.74, 6) is 0.796. The predicted molar refractivity (Wildman–Crippen MR) is 72.5 cm³/mol. The number of nitrogens with zero attached hydrogens (tertiary/aromatic N) is 1. The molecule has 19 heavy (non-hydrogen) atoms. The highest BCUT2D eigenvalue weighted by Crippen LogP contribution is 2.28. The molecule has 102 valence electrons. The van der Waals surface area contributed by atoms with Gasteiger partial charge in [0.05, 0.1) is 24.3 Å². The quantitative estimate of drug-likeness (QED) is 0.697.